The second-order valence-electron chi connectivity index (χ2n) is 8.35. The number of carbonyl (C=O) groups excluding carboxylic acids is 3. The summed E-state index contributed by atoms with van der Waals surface area (Å²) in [5.74, 6) is 0.548. The second-order valence-corrected chi connectivity index (χ2v) is 9.30. The van der Waals surface area contributed by atoms with E-state index in [1.54, 1.807) is 54.6 Å². The molecule has 0 saturated heterocycles. The zero-order valence-corrected chi connectivity index (χ0v) is 21.7. The number of thioether (sulfide) groups is 1. The standard InChI is InChI=1S/C28H25N5O4S/c1-3-32-25(30-31-28(32)38-17-24(34)29-22-11-7-8-12-23(22)37-4-2)18-13-15-19(16-14-18)33-26(35)20-9-5-6-10-21(20)27(33)36/h5-16H,3-4,17H2,1-2H3,(H,29,34). The van der Waals surface area contributed by atoms with Gasteiger partial charge in [0.25, 0.3) is 11.8 Å². The molecule has 5 rings (SSSR count). The fourth-order valence-corrected chi connectivity index (χ4v) is 5.05. The van der Waals surface area contributed by atoms with Crippen LogP contribution in [0.4, 0.5) is 11.4 Å². The van der Waals surface area contributed by atoms with E-state index in [2.05, 4.69) is 15.5 Å². The van der Waals surface area contributed by atoms with Crippen LogP contribution in [0.5, 0.6) is 5.75 Å². The van der Waals surface area contributed by atoms with Crippen molar-refractivity contribution in [3.8, 4) is 17.1 Å². The van der Waals surface area contributed by atoms with Crippen LogP contribution in [-0.4, -0.2) is 44.8 Å². The van der Waals surface area contributed by atoms with Crippen LogP contribution in [0.15, 0.2) is 78.0 Å². The largest absolute Gasteiger partial charge is 0.492 e. The third kappa shape index (κ3) is 4.78. The molecule has 192 valence electrons. The summed E-state index contributed by atoms with van der Waals surface area (Å²) in [6, 6.07) is 21.2. The number of aromatic nitrogens is 3. The average molecular weight is 528 g/mol. The fraction of sp³-hybridized carbons (Fsp3) is 0.179. The number of hydrogen-bond acceptors (Lipinski definition) is 7. The molecule has 0 radical (unpaired) electrons. The molecule has 0 saturated carbocycles. The van der Waals surface area contributed by atoms with Crippen molar-refractivity contribution in [2.75, 3.05) is 22.6 Å². The topological polar surface area (TPSA) is 106 Å². The van der Waals surface area contributed by atoms with Gasteiger partial charge in [-0.1, -0.05) is 36.0 Å². The highest BCUT2D eigenvalue weighted by molar-refractivity contribution is 7.99. The minimum absolute atomic E-state index is 0.150. The predicted molar refractivity (Wildman–Crippen MR) is 146 cm³/mol. The van der Waals surface area contributed by atoms with Gasteiger partial charge in [-0.3, -0.25) is 14.4 Å². The molecule has 2 heterocycles. The molecule has 10 heteroatoms. The van der Waals surface area contributed by atoms with Crippen molar-refractivity contribution in [1.29, 1.82) is 0 Å². The molecular weight excluding hydrogens is 502 g/mol. The van der Waals surface area contributed by atoms with E-state index >= 15 is 0 Å². The van der Waals surface area contributed by atoms with Crippen molar-refractivity contribution in [3.05, 3.63) is 83.9 Å². The van der Waals surface area contributed by atoms with Gasteiger partial charge in [0, 0.05) is 12.1 Å². The number of nitrogens with zero attached hydrogens (tertiary/aromatic N) is 4. The van der Waals surface area contributed by atoms with E-state index in [4.69, 9.17) is 4.74 Å². The van der Waals surface area contributed by atoms with Crippen LogP contribution < -0.4 is 15.0 Å². The summed E-state index contributed by atoms with van der Waals surface area (Å²) in [6.07, 6.45) is 0. The highest BCUT2D eigenvalue weighted by Crippen LogP contribution is 2.31. The number of carbonyl (C=O) groups is 3. The molecule has 0 spiro atoms. The molecule has 3 aromatic carbocycles. The van der Waals surface area contributed by atoms with Crippen molar-refractivity contribution >= 4 is 40.9 Å². The summed E-state index contributed by atoms with van der Waals surface area (Å²) in [7, 11) is 0. The summed E-state index contributed by atoms with van der Waals surface area (Å²) in [5, 5.41) is 12.1. The Bertz CT molecular complexity index is 1480. The van der Waals surface area contributed by atoms with E-state index in [0.29, 0.717) is 52.4 Å². The van der Waals surface area contributed by atoms with Gasteiger partial charge >= 0.3 is 0 Å². The Hall–Kier alpha value is -4.44. The smallest absolute Gasteiger partial charge is 0.266 e. The van der Waals surface area contributed by atoms with Crippen LogP contribution >= 0.6 is 11.8 Å². The van der Waals surface area contributed by atoms with Gasteiger partial charge in [-0.25, -0.2) is 4.90 Å². The molecule has 0 fully saturated rings. The van der Waals surface area contributed by atoms with E-state index in [0.717, 1.165) is 5.56 Å². The number of hydrogen-bond donors (Lipinski definition) is 1. The molecule has 1 aliphatic heterocycles. The van der Waals surface area contributed by atoms with Gasteiger partial charge in [0.2, 0.25) is 5.91 Å². The van der Waals surface area contributed by atoms with Gasteiger partial charge in [-0.15, -0.1) is 10.2 Å². The van der Waals surface area contributed by atoms with Crippen LogP contribution in [-0.2, 0) is 11.3 Å². The number of amides is 3. The first-order valence-corrected chi connectivity index (χ1v) is 13.2. The fourth-order valence-electron chi connectivity index (χ4n) is 4.25. The lowest BCUT2D eigenvalue weighted by molar-refractivity contribution is -0.113. The monoisotopic (exact) mass is 527 g/mol. The summed E-state index contributed by atoms with van der Waals surface area (Å²) in [4.78, 5) is 39.4. The van der Waals surface area contributed by atoms with E-state index in [-0.39, 0.29) is 23.5 Å². The number of ether oxygens (including phenoxy) is 1. The van der Waals surface area contributed by atoms with Crippen molar-refractivity contribution in [2.45, 2.75) is 25.5 Å². The minimum atomic E-state index is -0.337. The molecule has 4 aromatic rings. The lowest BCUT2D eigenvalue weighted by atomic mass is 10.1. The van der Waals surface area contributed by atoms with Gasteiger partial charge in [0.05, 0.1) is 34.9 Å². The summed E-state index contributed by atoms with van der Waals surface area (Å²) in [5.41, 5.74) is 2.69. The Morgan fingerprint density at radius 1 is 0.895 bits per heavy atom. The van der Waals surface area contributed by atoms with Gasteiger partial charge in [0.15, 0.2) is 11.0 Å². The Morgan fingerprint density at radius 2 is 1.55 bits per heavy atom. The van der Waals surface area contributed by atoms with E-state index in [1.165, 1.54) is 16.7 Å². The lowest BCUT2D eigenvalue weighted by Crippen LogP contribution is -2.29. The highest BCUT2D eigenvalue weighted by Gasteiger charge is 2.36. The number of nitrogens with one attached hydrogen (secondary N) is 1. The molecule has 0 atom stereocenters. The van der Waals surface area contributed by atoms with Gasteiger partial charge in [-0.2, -0.15) is 0 Å². The van der Waals surface area contributed by atoms with Crippen LogP contribution in [0.2, 0.25) is 0 Å². The normalized spacial score (nSPS) is 12.5. The number of anilines is 2. The lowest BCUT2D eigenvalue weighted by Gasteiger charge is -2.14. The van der Waals surface area contributed by atoms with Crippen LogP contribution in [0.1, 0.15) is 34.6 Å². The number of imide groups is 1. The van der Waals surface area contributed by atoms with Crippen LogP contribution in [0, 0.1) is 0 Å². The highest BCUT2D eigenvalue weighted by atomic mass is 32.2. The van der Waals surface area contributed by atoms with Crippen LogP contribution in [0.3, 0.4) is 0 Å². The Labute approximate surface area is 223 Å². The molecule has 1 aliphatic rings. The SMILES string of the molecule is CCOc1ccccc1NC(=O)CSc1nnc(-c2ccc(N3C(=O)c4ccccc4C3=O)cc2)n1CC. The maximum atomic E-state index is 12.8. The zero-order valence-electron chi connectivity index (χ0n) is 20.9. The zero-order chi connectivity index (χ0) is 26.6. The Balaban J connectivity index is 1.28. The molecule has 3 amide bonds. The maximum absolute atomic E-state index is 12.8. The first-order chi connectivity index (χ1) is 18.5. The van der Waals surface area contributed by atoms with Crippen molar-refractivity contribution in [2.24, 2.45) is 0 Å². The molecule has 9 nitrogen and oxygen atoms in total. The van der Waals surface area contributed by atoms with Crippen LogP contribution in [0.25, 0.3) is 11.4 Å². The molecule has 38 heavy (non-hydrogen) atoms. The first kappa shape index (κ1) is 25.2. The van der Waals surface area contributed by atoms with Gasteiger partial charge < -0.3 is 14.6 Å². The summed E-state index contributed by atoms with van der Waals surface area (Å²) in [6.45, 7) is 4.97. The number of rotatable bonds is 9. The first-order valence-electron chi connectivity index (χ1n) is 12.2. The quantitative estimate of drug-likeness (QED) is 0.244. The molecule has 0 aliphatic carbocycles. The summed E-state index contributed by atoms with van der Waals surface area (Å²) >= 11 is 1.29. The minimum Gasteiger partial charge on any atom is -0.492 e. The van der Waals surface area contributed by atoms with Gasteiger partial charge in [0.1, 0.15) is 5.75 Å². The number of fused-ring (bicyclic) bond motifs is 1. The number of benzene rings is 3. The maximum Gasteiger partial charge on any atom is 0.266 e. The molecule has 0 unspecified atom stereocenters. The summed E-state index contributed by atoms with van der Waals surface area (Å²) < 4.78 is 7.49. The Morgan fingerprint density at radius 3 is 2.21 bits per heavy atom. The van der Waals surface area contributed by atoms with Crippen molar-refractivity contribution < 1.29 is 19.1 Å². The second kappa shape index (κ2) is 10.9. The third-order valence-corrected chi connectivity index (χ3v) is 6.97. The van der Waals surface area contributed by atoms with Crippen molar-refractivity contribution in [1.82, 2.24) is 14.8 Å². The van der Waals surface area contributed by atoms with Crippen molar-refractivity contribution in [3.63, 3.8) is 0 Å². The van der Waals surface area contributed by atoms with Gasteiger partial charge in [-0.05, 0) is 62.4 Å². The molecule has 1 aromatic heterocycles. The van der Waals surface area contributed by atoms with E-state index in [1.807, 2.05) is 36.6 Å². The molecule has 0 bridgehead atoms. The third-order valence-electron chi connectivity index (χ3n) is 6.00. The number of para-hydroxylation sites is 2. The Kier molecular flexibility index (Phi) is 7.23. The predicted octanol–water partition coefficient (Wildman–Crippen LogP) is 4.90. The molecular formula is C28H25N5O4S. The molecule has 1 N–H and O–H groups in total. The average Bonchev–Trinajstić information content (AvgIpc) is 3.47. The van der Waals surface area contributed by atoms with E-state index < -0.39 is 0 Å². The van der Waals surface area contributed by atoms with E-state index in [9.17, 15) is 14.4 Å².